The van der Waals surface area contributed by atoms with Crippen LogP contribution < -0.4 is 14.8 Å². The van der Waals surface area contributed by atoms with Gasteiger partial charge in [-0.3, -0.25) is 0 Å². The van der Waals surface area contributed by atoms with Crippen LogP contribution in [0.4, 0.5) is 5.95 Å². The smallest absolute Gasteiger partial charge is 0.229 e. The van der Waals surface area contributed by atoms with Crippen molar-refractivity contribution in [3.63, 3.8) is 0 Å². The molecular formula is C14H23N3O2. The van der Waals surface area contributed by atoms with Crippen LogP contribution in [0, 0.1) is 11.8 Å². The van der Waals surface area contributed by atoms with Gasteiger partial charge in [0.05, 0.1) is 20.3 Å². The first-order chi connectivity index (χ1) is 9.21. The summed E-state index contributed by atoms with van der Waals surface area (Å²) in [5, 5.41) is 3.30. The number of anilines is 1. The SMILES string of the molecule is COc1cc(OC)nc(NCC2CCCC(C)C2)n1. The number of rotatable bonds is 5. The highest BCUT2D eigenvalue weighted by atomic mass is 16.5. The molecule has 2 unspecified atom stereocenters. The van der Waals surface area contributed by atoms with E-state index < -0.39 is 0 Å². The van der Waals surface area contributed by atoms with Gasteiger partial charge in [-0.25, -0.2) is 0 Å². The van der Waals surface area contributed by atoms with Gasteiger partial charge in [0.15, 0.2) is 0 Å². The van der Waals surface area contributed by atoms with E-state index in [-0.39, 0.29) is 0 Å². The lowest BCUT2D eigenvalue weighted by molar-refractivity contribution is 0.293. The van der Waals surface area contributed by atoms with Gasteiger partial charge in [-0.05, 0) is 24.7 Å². The summed E-state index contributed by atoms with van der Waals surface area (Å²) in [5.74, 6) is 3.16. The van der Waals surface area contributed by atoms with Crippen LogP contribution in [-0.2, 0) is 0 Å². The molecule has 0 radical (unpaired) electrons. The molecule has 1 saturated carbocycles. The lowest BCUT2D eigenvalue weighted by atomic mass is 9.82. The summed E-state index contributed by atoms with van der Waals surface area (Å²) in [5.41, 5.74) is 0. The molecule has 0 spiro atoms. The second-order valence-corrected chi connectivity index (χ2v) is 5.29. The van der Waals surface area contributed by atoms with Crippen molar-refractivity contribution >= 4 is 5.95 Å². The topological polar surface area (TPSA) is 56.3 Å². The van der Waals surface area contributed by atoms with Crippen LogP contribution in [0.1, 0.15) is 32.6 Å². The molecule has 0 bridgehead atoms. The maximum Gasteiger partial charge on any atom is 0.229 e. The number of nitrogens with zero attached hydrogens (tertiary/aromatic N) is 2. The molecule has 1 heterocycles. The van der Waals surface area contributed by atoms with Crippen LogP contribution in [-0.4, -0.2) is 30.7 Å². The predicted octanol–water partition coefficient (Wildman–Crippen LogP) is 2.73. The van der Waals surface area contributed by atoms with Gasteiger partial charge in [-0.15, -0.1) is 0 Å². The van der Waals surface area contributed by atoms with Gasteiger partial charge in [0.25, 0.3) is 0 Å². The Morgan fingerprint density at radius 2 is 1.89 bits per heavy atom. The van der Waals surface area contributed by atoms with Gasteiger partial charge in [0.2, 0.25) is 17.7 Å². The molecule has 2 rings (SSSR count). The van der Waals surface area contributed by atoms with Crippen molar-refractivity contribution in [2.75, 3.05) is 26.1 Å². The Balaban J connectivity index is 1.94. The summed E-state index contributed by atoms with van der Waals surface area (Å²) in [6, 6.07) is 1.67. The maximum atomic E-state index is 5.14. The zero-order valence-corrected chi connectivity index (χ0v) is 12.0. The highest BCUT2D eigenvalue weighted by molar-refractivity contribution is 5.33. The first kappa shape index (κ1) is 13.9. The number of hydrogen-bond acceptors (Lipinski definition) is 5. The molecule has 1 aliphatic carbocycles. The van der Waals surface area contributed by atoms with E-state index in [9.17, 15) is 0 Å². The fourth-order valence-corrected chi connectivity index (χ4v) is 2.67. The Morgan fingerprint density at radius 3 is 2.47 bits per heavy atom. The summed E-state index contributed by atoms with van der Waals surface area (Å²) < 4.78 is 10.3. The van der Waals surface area contributed by atoms with E-state index in [1.54, 1.807) is 20.3 Å². The summed E-state index contributed by atoms with van der Waals surface area (Å²) in [4.78, 5) is 8.56. The van der Waals surface area contributed by atoms with E-state index >= 15 is 0 Å². The number of methoxy groups -OCH3 is 2. The van der Waals surface area contributed by atoms with Crippen LogP contribution in [0.5, 0.6) is 11.8 Å². The van der Waals surface area contributed by atoms with Crippen LogP contribution in [0.2, 0.25) is 0 Å². The Kier molecular flexibility index (Phi) is 4.82. The molecule has 0 saturated heterocycles. The highest BCUT2D eigenvalue weighted by Crippen LogP contribution is 2.28. The number of nitrogens with one attached hydrogen (secondary N) is 1. The van der Waals surface area contributed by atoms with E-state index in [1.165, 1.54) is 25.7 Å². The molecule has 106 valence electrons. The third-order valence-corrected chi connectivity index (χ3v) is 3.69. The van der Waals surface area contributed by atoms with Crippen molar-refractivity contribution in [1.82, 2.24) is 9.97 Å². The molecule has 1 aromatic heterocycles. The third kappa shape index (κ3) is 3.98. The molecule has 1 aliphatic rings. The molecule has 1 N–H and O–H groups in total. The minimum Gasteiger partial charge on any atom is -0.481 e. The van der Waals surface area contributed by atoms with E-state index in [0.29, 0.717) is 23.6 Å². The van der Waals surface area contributed by atoms with Crippen LogP contribution in [0.15, 0.2) is 6.07 Å². The monoisotopic (exact) mass is 265 g/mol. The Morgan fingerprint density at radius 1 is 1.21 bits per heavy atom. The number of ether oxygens (including phenoxy) is 2. The average molecular weight is 265 g/mol. The summed E-state index contributed by atoms with van der Waals surface area (Å²) in [6.45, 7) is 3.25. The van der Waals surface area contributed by atoms with Gasteiger partial charge < -0.3 is 14.8 Å². The van der Waals surface area contributed by atoms with Crippen LogP contribution >= 0.6 is 0 Å². The first-order valence-electron chi connectivity index (χ1n) is 6.92. The molecular weight excluding hydrogens is 242 g/mol. The van der Waals surface area contributed by atoms with Crippen molar-refractivity contribution in [2.45, 2.75) is 32.6 Å². The fourth-order valence-electron chi connectivity index (χ4n) is 2.67. The summed E-state index contributed by atoms with van der Waals surface area (Å²) in [6.07, 6.45) is 5.27. The summed E-state index contributed by atoms with van der Waals surface area (Å²) >= 11 is 0. The number of aromatic nitrogens is 2. The minimum absolute atomic E-state index is 0.520. The standard InChI is InChI=1S/C14H23N3O2/c1-10-5-4-6-11(7-10)9-15-14-16-12(18-2)8-13(17-14)19-3/h8,10-11H,4-7,9H2,1-3H3,(H,15,16,17). The van der Waals surface area contributed by atoms with Crippen molar-refractivity contribution in [3.8, 4) is 11.8 Å². The molecule has 5 heteroatoms. The van der Waals surface area contributed by atoms with E-state index in [4.69, 9.17) is 9.47 Å². The van der Waals surface area contributed by atoms with Crippen LogP contribution in [0.25, 0.3) is 0 Å². The maximum absolute atomic E-state index is 5.14. The van der Waals surface area contributed by atoms with E-state index in [1.807, 2.05) is 0 Å². The van der Waals surface area contributed by atoms with Gasteiger partial charge >= 0.3 is 0 Å². The zero-order valence-electron chi connectivity index (χ0n) is 12.0. The Bertz CT molecular complexity index is 389. The van der Waals surface area contributed by atoms with E-state index in [2.05, 4.69) is 22.2 Å². The third-order valence-electron chi connectivity index (χ3n) is 3.69. The molecule has 5 nitrogen and oxygen atoms in total. The average Bonchev–Trinajstić information content (AvgIpc) is 2.44. The fraction of sp³-hybridized carbons (Fsp3) is 0.714. The summed E-state index contributed by atoms with van der Waals surface area (Å²) in [7, 11) is 3.18. The second-order valence-electron chi connectivity index (χ2n) is 5.29. The van der Waals surface area contributed by atoms with Crippen LogP contribution in [0.3, 0.4) is 0 Å². The van der Waals surface area contributed by atoms with Crippen molar-refractivity contribution < 1.29 is 9.47 Å². The Labute approximate surface area is 114 Å². The lowest BCUT2D eigenvalue weighted by Gasteiger charge is -2.26. The Hall–Kier alpha value is -1.52. The lowest BCUT2D eigenvalue weighted by Crippen LogP contribution is -2.21. The normalized spacial score (nSPS) is 22.9. The molecule has 1 fully saturated rings. The zero-order chi connectivity index (χ0) is 13.7. The highest BCUT2D eigenvalue weighted by Gasteiger charge is 2.19. The molecule has 1 aromatic rings. The quantitative estimate of drug-likeness (QED) is 0.887. The first-order valence-corrected chi connectivity index (χ1v) is 6.92. The van der Waals surface area contributed by atoms with Gasteiger partial charge in [0, 0.05) is 6.54 Å². The van der Waals surface area contributed by atoms with Gasteiger partial charge in [0.1, 0.15) is 0 Å². The molecule has 19 heavy (non-hydrogen) atoms. The molecule has 0 aliphatic heterocycles. The van der Waals surface area contributed by atoms with E-state index in [0.717, 1.165) is 12.5 Å². The van der Waals surface area contributed by atoms with Crippen molar-refractivity contribution in [2.24, 2.45) is 11.8 Å². The largest absolute Gasteiger partial charge is 0.481 e. The predicted molar refractivity (Wildman–Crippen MR) is 74.7 cm³/mol. The van der Waals surface area contributed by atoms with Gasteiger partial charge in [-0.1, -0.05) is 19.8 Å². The molecule has 2 atom stereocenters. The molecule has 0 aromatic carbocycles. The van der Waals surface area contributed by atoms with Crippen molar-refractivity contribution in [1.29, 1.82) is 0 Å². The minimum atomic E-state index is 0.520. The van der Waals surface area contributed by atoms with Gasteiger partial charge in [-0.2, -0.15) is 9.97 Å². The van der Waals surface area contributed by atoms with Crippen molar-refractivity contribution in [3.05, 3.63) is 6.07 Å². The second kappa shape index (κ2) is 6.59. The molecule has 0 amide bonds. The number of hydrogen-bond donors (Lipinski definition) is 1.